The van der Waals surface area contributed by atoms with Crippen molar-refractivity contribution in [3.05, 3.63) is 35.9 Å². The van der Waals surface area contributed by atoms with Gasteiger partial charge in [0.25, 0.3) is 5.91 Å². The van der Waals surface area contributed by atoms with Gasteiger partial charge in [0.15, 0.2) is 0 Å². The van der Waals surface area contributed by atoms with E-state index >= 15 is 0 Å². The average molecular weight is 407 g/mol. The number of halogens is 1. The minimum absolute atomic E-state index is 0. The molecule has 2 unspecified atom stereocenters. The van der Waals surface area contributed by atoms with Crippen LogP contribution in [0.15, 0.2) is 30.3 Å². The Labute approximate surface area is 173 Å². The second kappa shape index (κ2) is 9.72. The third kappa shape index (κ3) is 4.67. The Morgan fingerprint density at radius 2 is 1.64 bits per heavy atom. The molecule has 3 fully saturated rings. The molecule has 1 aromatic rings. The third-order valence-electron chi connectivity index (χ3n) is 6.22. The lowest BCUT2D eigenvalue weighted by Crippen LogP contribution is -2.50. The topological polar surface area (TPSA) is 55.9 Å². The first kappa shape index (κ1) is 21.1. The molecule has 2 atom stereocenters. The Kier molecular flexibility index (Phi) is 7.32. The van der Waals surface area contributed by atoms with Crippen molar-refractivity contribution in [2.45, 2.75) is 25.3 Å². The Morgan fingerprint density at radius 1 is 0.893 bits per heavy atom. The zero-order valence-electron chi connectivity index (χ0n) is 16.4. The van der Waals surface area contributed by atoms with Crippen LogP contribution in [-0.2, 0) is 4.79 Å². The number of likely N-dealkylation sites (tertiary alicyclic amines) is 2. The molecule has 2 amide bonds. The zero-order chi connectivity index (χ0) is 18.6. The van der Waals surface area contributed by atoms with Crippen LogP contribution in [0.3, 0.4) is 0 Å². The molecule has 0 radical (unpaired) electrons. The number of hydrogen-bond donors (Lipinski definition) is 1. The van der Waals surface area contributed by atoms with Gasteiger partial charge in [0.05, 0.1) is 5.92 Å². The van der Waals surface area contributed by atoms with Crippen LogP contribution >= 0.6 is 12.4 Å². The number of piperidine rings is 1. The monoisotopic (exact) mass is 406 g/mol. The zero-order valence-corrected chi connectivity index (χ0v) is 17.2. The molecule has 28 heavy (non-hydrogen) atoms. The Bertz CT molecular complexity index is 666. The van der Waals surface area contributed by atoms with Crippen LogP contribution < -0.4 is 5.32 Å². The molecule has 154 valence electrons. The highest BCUT2D eigenvalue weighted by atomic mass is 35.5. The van der Waals surface area contributed by atoms with Crippen LogP contribution in [0.5, 0.6) is 0 Å². The summed E-state index contributed by atoms with van der Waals surface area (Å²) in [6, 6.07) is 9.91. The van der Waals surface area contributed by atoms with Gasteiger partial charge in [-0.1, -0.05) is 18.2 Å². The minimum Gasteiger partial charge on any atom is -0.341 e. The number of carbonyl (C=O) groups is 2. The van der Waals surface area contributed by atoms with Crippen molar-refractivity contribution in [2.24, 2.45) is 5.92 Å². The molecule has 0 spiro atoms. The number of hydrogen-bond acceptors (Lipinski definition) is 4. The molecule has 4 rings (SSSR count). The molecule has 0 saturated carbocycles. The quantitative estimate of drug-likeness (QED) is 0.825. The summed E-state index contributed by atoms with van der Waals surface area (Å²) >= 11 is 0. The van der Waals surface area contributed by atoms with Crippen LogP contribution in [0.25, 0.3) is 0 Å². The van der Waals surface area contributed by atoms with Gasteiger partial charge in [0.2, 0.25) is 5.91 Å². The normalized spacial score (nSPS) is 26.0. The lowest BCUT2D eigenvalue weighted by atomic mass is 9.96. The van der Waals surface area contributed by atoms with Crippen LogP contribution in [0.2, 0.25) is 0 Å². The van der Waals surface area contributed by atoms with E-state index in [1.54, 1.807) is 0 Å². The molecule has 3 heterocycles. The molecule has 3 aliphatic rings. The Balaban J connectivity index is 0.00000225. The van der Waals surface area contributed by atoms with Crippen LogP contribution in [-0.4, -0.2) is 84.9 Å². The van der Waals surface area contributed by atoms with Crippen molar-refractivity contribution in [1.82, 2.24) is 20.0 Å². The fraction of sp³-hybridized carbons (Fsp3) is 0.619. The van der Waals surface area contributed by atoms with Gasteiger partial charge in [0, 0.05) is 64.0 Å². The van der Waals surface area contributed by atoms with Crippen LogP contribution in [0, 0.1) is 5.92 Å². The molecule has 0 aromatic heterocycles. The summed E-state index contributed by atoms with van der Waals surface area (Å²) in [6.45, 7) is 7.26. The summed E-state index contributed by atoms with van der Waals surface area (Å²) in [6.07, 6.45) is 2.88. The van der Waals surface area contributed by atoms with E-state index in [1.165, 1.54) is 0 Å². The van der Waals surface area contributed by atoms with E-state index in [-0.39, 0.29) is 30.1 Å². The number of nitrogens with one attached hydrogen (secondary N) is 1. The molecule has 0 aliphatic carbocycles. The minimum atomic E-state index is -0.0480. The molecular formula is C21H31ClN4O2. The summed E-state index contributed by atoms with van der Waals surface area (Å²) in [7, 11) is 0. The maximum atomic E-state index is 13.1. The molecule has 1 N–H and O–H groups in total. The highest BCUT2D eigenvalue weighted by Crippen LogP contribution is 2.24. The second-order valence-corrected chi connectivity index (χ2v) is 7.97. The largest absolute Gasteiger partial charge is 0.341 e. The summed E-state index contributed by atoms with van der Waals surface area (Å²) in [4.78, 5) is 32.3. The van der Waals surface area contributed by atoms with Gasteiger partial charge in [-0.2, -0.15) is 0 Å². The standard InChI is InChI=1S/C21H30N4O2.ClH/c26-20(17-5-2-1-3-6-17)24-11-4-7-18(15-24)21(27)25-12-8-19(16-25)23-13-9-22-10-14-23;/h1-3,5-6,18-19,22H,4,7-16H2;1H. The van der Waals surface area contributed by atoms with Crippen molar-refractivity contribution in [3.8, 4) is 0 Å². The van der Waals surface area contributed by atoms with Crippen molar-refractivity contribution >= 4 is 24.2 Å². The molecule has 7 heteroatoms. The summed E-state index contributed by atoms with van der Waals surface area (Å²) in [5.74, 6) is 0.250. The van der Waals surface area contributed by atoms with Gasteiger partial charge in [-0.15, -0.1) is 12.4 Å². The number of piperazine rings is 1. The van der Waals surface area contributed by atoms with E-state index in [0.29, 0.717) is 18.2 Å². The fourth-order valence-electron chi connectivity index (χ4n) is 4.67. The first-order valence-electron chi connectivity index (χ1n) is 10.3. The predicted molar refractivity (Wildman–Crippen MR) is 112 cm³/mol. The molecule has 3 aliphatic heterocycles. The maximum absolute atomic E-state index is 13.1. The number of rotatable bonds is 3. The van der Waals surface area contributed by atoms with E-state index in [4.69, 9.17) is 0 Å². The van der Waals surface area contributed by atoms with Gasteiger partial charge in [-0.3, -0.25) is 14.5 Å². The summed E-state index contributed by atoms with van der Waals surface area (Å²) in [5.41, 5.74) is 0.713. The second-order valence-electron chi connectivity index (χ2n) is 7.97. The fourth-order valence-corrected chi connectivity index (χ4v) is 4.67. The van der Waals surface area contributed by atoms with Crippen LogP contribution in [0.1, 0.15) is 29.6 Å². The molecular weight excluding hydrogens is 376 g/mol. The Hall–Kier alpha value is -1.63. The van der Waals surface area contributed by atoms with Gasteiger partial charge < -0.3 is 15.1 Å². The highest BCUT2D eigenvalue weighted by Gasteiger charge is 2.36. The van der Waals surface area contributed by atoms with Crippen LogP contribution in [0.4, 0.5) is 0 Å². The van der Waals surface area contributed by atoms with Crippen molar-refractivity contribution in [3.63, 3.8) is 0 Å². The van der Waals surface area contributed by atoms with E-state index in [0.717, 1.165) is 65.1 Å². The summed E-state index contributed by atoms with van der Waals surface area (Å²) in [5, 5.41) is 3.39. The Morgan fingerprint density at radius 3 is 2.39 bits per heavy atom. The van der Waals surface area contributed by atoms with Gasteiger partial charge in [0.1, 0.15) is 0 Å². The first-order chi connectivity index (χ1) is 13.2. The number of amides is 2. The van der Waals surface area contributed by atoms with E-state index in [9.17, 15) is 9.59 Å². The number of nitrogens with zero attached hydrogens (tertiary/aromatic N) is 3. The van der Waals surface area contributed by atoms with Gasteiger partial charge >= 0.3 is 0 Å². The van der Waals surface area contributed by atoms with Crippen molar-refractivity contribution in [2.75, 3.05) is 52.4 Å². The lowest BCUT2D eigenvalue weighted by Gasteiger charge is -2.35. The molecule has 6 nitrogen and oxygen atoms in total. The van der Waals surface area contributed by atoms with Gasteiger partial charge in [-0.05, 0) is 31.4 Å². The number of benzene rings is 1. The first-order valence-corrected chi connectivity index (χ1v) is 10.3. The van der Waals surface area contributed by atoms with E-state index < -0.39 is 0 Å². The molecule has 0 bridgehead atoms. The van der Waals surface area contributed by atoms with Crippen molar-refractivity contribution < 1.29 is 9.59 Å². The molecule has 3 saturated heterocycles. The van der Waals surface area contributed by atoms with Gasteiger partial charge in [-0.25, -0.2) is 0 Å². The average Bonchev–Trinajstić information content (AvgIpc) is 3.24. The maximum Gasteiger partial charge on any atom is 0.253 e. The summed E-state index contributed by atoms with van der Waals surface area (Å²) < 4.78 is 0. The SMILES string of the molecule is Cl.O=C(c1ccccc1)N1CCCC(C(=O)N2CCC(N3CCNCC3)C2)C1. The smallest absolute Gasteiger partial charge is 0.253 e. The third-order valence-corrected chi connectivity index (χ3v) is 6.22. The van der Waals surface area contributed by atoms with E-state index in [1.807, 2.05) is 40.1 Å². The van der Waals surface area contributed by atoms with E-state index in [2.05, 4.69) is 10.2 Å². The predicted octanol–water partition coefficient (Wildman–Crippen LogP) is 1.47. The van der Waals surface area contributed by atoms with Crippen molar-refractivity contribution in [1.29, 1.82) is 0 Å². The molecule has 1 aromatic carbocycles. The number of carbonyl (C=O) groups excluding carboxylic acids is 2. The highest BCUT2D eigenvalue weighted by molar-refractivity contribution is 5.94. The lowest BCUT2D eigenvalue weighted by molar-refractivity contribution is -0.136.